The number of aromatic nitrogens is 4. The minimum absolute atomic E-state index is 0.841. The molecule has 0 saturated carbocycles. The van der Waals surface area contributed by atoms with Crippen LogP contribution in [0.4, 0.5) is 0 Å². The number of hydrogen-bond acceptors (Lipinski definition) is 10. The highest BCUT2D eigenvalue weighted by Crippen LogP contribution is 2.48. The summed E-state index contributed by atoms with van der Waals surface area (Å²) in [5, 5.41) is 21.0. The second-order valence-corrected chi connectivity index (χ2v) is 32.6. The SMILES string of the molecule is c1cc(-c2ccc3sc4nc(-c5cccc(-c6cc7ccccc7c7c6oc6ccccc67)c5)cnc4c3c2)cc(-c2cc3ccccc3c3c2oc2ccccc23)c1.c1cc(-c2ccc3sc4nc(-c5cccc(-c6cccc7c6oc6ccc8ccccc8c67)c5)cnc4c3c2)cc(-c2cccc3c2oc2ccc4ccccc4c23)c1. The molecule has 0 radical (unpaired) electrons. The van der Waals surface area contributed by atoms with E-state index in [1.54, 1.807) is 22.7 Å². The lowest BCUT2D eigenvalue weighted by molar-refractivity contribution is 0.670. The van der Waals surface area contributed by atoms with Crippen molar-refractivity contribution in [2.45, 2.75) is 0 Å². The van der Waals surface area contributed by atoms with Gasteiger partial charge in [-0.05, 0) is 173 Å². The van der Waals surface area contributed by atoms with Crippen LogP contribution in [0, 0.1) is 0 Å². The number of para-hydroxylation sites is 4. The molecule has 0 atom stereocenters. The van der Waals surface area contributed by atoms with E-state index in [2.05, 4.69) is 334 Å². The molecule has 0 fully saturated rings. The zero-order valence-corrected chi connectivity index (χ0v) is 64.5. The van der Waals surface area contributed by atoms with Crippen molar-refractivity contribution in [2.75, 3.05) is 0 Å². The van der Waals surface area contributed by atoms with Gasteiger partial charge in [-0.3, -0.25) is 9.97 Å². The molecule has 0 aliphatic heterocycles. The third-order valence-corrected chi connectivity index (χ3v) is 25.9. The zero-order valence-electron chi connectivity index (χ0n) is 62.9. The van der Waals surface area contributed by atoms with Crippen molar-refractivity contribution >= 4 is 194 Å². The van der Waals surface area contributed by atoms with Crippen molar-refractivity contribution in [2.24, 2.45) is 0 Å². The average molecular weight is 1540 g/mol. The van der Waals surface area contributed by atoms with Gasteiger partial charge in [0.15, 0.2) is 0 Å². The summed E-state index contributed by atoms with van der Waals surface area (Å²) in [7, 11) is 0. The van der Waals surface area contributed by atoms with Crippen molar-refractivity contribution in [1.29, 1.82) is 0 Å². The van der Waals surface area contributed by atoms with Gasteiger partial charge >= 0.3 is 0 Å². The van der Waals surface area contributed by atoms with Gasteiger partial charge in [0.1, 0.15) is 65.4 Å². The van der Waals surface area contributed by atoms with Crippen LogP contribution in [0.15, 0.2) is 382 Å². The number of benzene rings is 18. The van der Waals surface area contributed by atoms with Crippen molar-refractivity contribution in [3.05, 3.63) is 364 Å². The molecule has 18 aromatic carbocycles. The van der Waals surface area contributed by atoms with E-state index in [-0.39, 0.29) is 0 Å². The minimum Gasteiger partial charge on any atom is -0.455 e. The monoisotopic (exact) mass is 1540 g/mol. The molecule has 0 aliphatic carbocycles. The minimum atomic E-state index is 0.841. The molecule has 0 aliphatic rings. The predicted octanol–water partition coefficient (Wildman–Crippen LogP) is 31.2. The molecule has 0 unspecified atom stereocenters. The van der Waals surface area contributed by atoms with Gasteiger partial charge in [-0.15, -0.1) is 22.7 Å². The lowest BCUT2D eigenvalue weighted by atomic mass is 9.94. The molecule has 26 aromatic rings. The molecule has 8 nitrogen and oxygen atoms in total. The van der Waals surface area contributed by atoms with Gasteiger partial charge in [0.25, 0.3) is 0 Å². The van der Waals surface area contributed by atoms with E-state index >= 15 is 0 Å². The van der Waals surface area contributed by atoms with E-state index in [4.69, 9.17) is 37.6 Å². The fourth-order valence-electron chi connectivity index (χ4n) is 18.3. The number of fused-ring (bicyclic) bond motifs is 26. The summed E-state index contributed by atoms with van der Waals surface area (Å²) in [6.45, 7) is 0. The van der Waals surface area contributed by atoms with Crippen LogP contribution in [0.1, 0.15) is 0 Å². The quantitative estimate of drug-likeness (QED) is 0.148. The molecular formula is C108H60N4O4S2. The van der Waals surface area contributed by atoms with Gasteiger partial charge in [-0.25, -0.2) is 9.97 Å². The summed E-state index contributed by atoms with van der Waals surface area (Å²) in [6.07, 6.45) is 3.82. The Kier molecular flexibility index (Phi) is 14.7. The molecular weight excluding hydrogens is 1480 g/mol. The smallest absolute Gasteiger partial charge is 0.143 e. The Morgan fingerprint density at radius 2 is 0.542 bits per heavy atom. The van der Waals surface area contributed by atoms with Crippen LogP contribution in [0.25, 0.3) is 261 Å². The third kappa shape index (κ3) is 10.5. The van der Waals surface area contributed by atoms with Crippen LogP contribution in [-0.2, 0) is 0 Å². The third-order valence-electron chi connectivity index (χ3n) is 23.8. The van der Waals surface area contributed by atoms with Crippen molar-refractivity contribution in [1.82, 2.24) is 19.9 Å². The number of nitrogens with zero attached hydrogens (tertiary/aromatic N) is 4. The molecule has 0 spiro atoms. The fourth-order valence-corrected chi connectivity index (χ4v) is 20.3. The van der Waals surface area contributed by atoms with Crippen LogP contribution >= 0.6 is 22.7 Å². The van der Waals surface area contributed by atoms with Crippen molar-refractivity contribution in [3.8, 4) is 89.3 Å². The molecule has 8 aromatic heterocycles. The Morgan fingerprint density at radius 1 is 0.203 bits per heavy atom. The van der Waals surface area contributed by atoms with Gasteiger partial charge in [0.05, 0.1) is 23.8 Å². The largest absolute Gasteiger partial charge is 0.455 e. The number of thiophene rings is 2. The van der Waals surface area contributed by atoms with Gasteiger partial charge in [-0.2, -0.15) is 0 Å². The average Bonchev–Trinajstić information content (AvgIpc) is 1.52. The lowest BCUT2D eigenvalue weighted by Gasteiger charge is -2.09. The Morgan fingerprint density at radius 3 is 0.992 bits per heavy atom. The first-order valence-electron chi connectivity index (χ1n) is 39.6. The van der Waals surface area contributed by atoms with Crippen LogP contribution in [-0.4, -0.2) is 19.9 Å². The molecule has 118 heavy (non-hydrogen) atoms. The van der Waals surface area contributed by atoms with Crippen LogP contribution in [0.2, 0.25) is 0 Å². The van der Waals surface area contributed by atoms with E-state index < -0.39 is 0 Å². The van der Waals surface area contributed by atoms with Crippen molar-refractivity contribution < 1.29 is 17.7 Å². The first-order valence-corrected chi connectivity index (χ1v) is 41.2. The second-order valence-electron chi connectivity index (χ2n) is 30.6. The van der Waals surface area contributed by atoms with E-state index in [0.29, 0.717) is 0 Å². The molecule has 8 heterocycles. The number of furan rings is 4. The first kappa shape index (κ1) is 66.3. The van der Waals surface area contributed by atoms with Gasteiger partial charge in [0, 0.05) is 96.6 Å². The summed E-state index contributed by atoms with van der Waals surface area (Å²) >= 11 is 3.37. The topological polar surface area (TPSA) is 104 Å². The van der Waals surface area contributed by atoms with E-state index in [9.17, 15) is 0 Å². The zero-order chi connectivity index (χ0) is 77.2. The molecule has 548 valence electrons. The molecule has 26 rings (SSSR count). The Hall–Kier alpha value is -15.2. The highest BCUT2D eigenvalue weighted by atomic mass is 32.1. The van der Waals surface area contributed by atoms with Crippen LogP contribution in [0.5, 0.6) is 0 Å². The molecule has 0 N–H and O–H groups in total. The maximum atomic E-state index is 6.58. The predicted molar refractivity (Wildman–Crippen MR) is 492 cm³/mol. The Balaban J connectivity index is 0.000000131. The molecule has 0 saturated heterocycles. The maximum Gasteiger partial charge on any atom is 0.143 e. The highest BCUT2D eigenvalue weighted by Gasteiger charge is 2.24. The Bertz CT molecular complexity index is 8760. The number of rotatable bonds is 8. The Labute approximate surface area is 680 Å². The standard InChI is InChI=1S/2C54H30N2O2S/c1-3-15-38-31(9-1)21-24-46-49(38)42-19-7-17-40(52(42)57-46)35-12-5-11-33(27-35)34-23-26-48-44(29-34)51-54(59-48)56-45(30-55-51)37-14-6-13-36(28-37)41-18-8-20-43-50-39-16-4-2-10-32(39)22-25-47(50)58-53(41)43;1-3-17-38-35(11-1)28-42(52-49(38)40-19-5-7-21-46(40)57-52)33-14-9-13-31(25-33)32-23-24-48-44(27-32)51-54(59-48)56-45(30-55-51)37-16-10-15-34(26-37)43-29-36-12-2-4-18-39(36)50-41-20-6-8-22-47(41)58-53(43)50/h2*1-30H. The van der Waals surface area contributed by atoms with E-state index in [1.165, 1.54) is 43.1 Å². The normalized spacial score (nSPS) is 12.1. The summed E-state index contributed by atoms with van der Waals surface area (Å²) in [5.41, 5.74) is 25.9. The van der Waals surface area contributed by atoms with Gasteiger partial charge in [0.2, 0.25) is 0 Å². The maximum absolute atomic E-state index is 6.58. The molecule has 10 heteroatoms. The summed E-state index contributed by atoms with van der Waals surface area (Å²) in [6, 6.07) is 125. The molecule has 0 amide bonds. The van der Waals surface area contributed by atoms with E-state index in [0.717, 1.165) is 218 Å². The fraction of sp³-hybridized carbons (Fsp3) is 0. The van der Waals surface area contributed by atoms with Gasteiger partial charge < -0.3 is 17.7 Å². The van der Waals surface area contributed by atoms with Gasteiger partial charge in [-0.1, -0.05) is 267 Å². The van der Waals surface area contributed by atoms with Crippen LogP contribution in [0.3, 0.4) is 0 Å². The highest BCUT2D eigenvalue weighted by molar-refractivity contribution is 7.25. The van der Waals surface area contributed by atoms with E-state index in [1.807, 2.05) is 30.6 Å². The first-order chi connectivity index (χ1) is 58.4. The molecule has 0 bridgehead atoms. The summed E-state index contributed by atoms with van der Waals surface area (Å²) < 4.78 is 28.6. The number of hydrogen-bond donors (Lipinski definition) is 0. The second kappa shape index (κ2) is 26.2. The summed E-state index contributed by atoms with van der Waals surface area (Å²) in [4.78, 5) is 22.4. The summed E-state index contributed by atoms with van der Waals surface area (Å²) in [5.74, 6) is 0. The van der Waals surface area contributed by atoms with Crippen LogP contribution < -0.4 is 0 Å². The lowest BCUT2D eigenvalue weighted by Crippen LogP contribution is -1.88. The van der Waals surface area contributed by atoms with Crippen molar-refractivity contribution in [3.63, 3.8) is 0 Å².